The van der Waals surface area contributed by atoms with Crippen molar-refractivity contribution in [3.05, 3.63) is 69.2 Å². The lowest BCUT2D eigenvalue weighted by molar-refractivity contribution is -0.665. The van der Waals surface area contributed by atoms with Crippen molar-refractivity contribution in [2.24, 2.45) is 0 Å². The maximum Gasteiger partial charge on any atom is 0.276 e. The molecule has 0 N–H and O–H groups in total. The predicted molar refractivity (Wildman–Crippen MR) is 89.7 cm³/mol. The number of hydrogen-bond donors (Lipinski definition) is 0. The van der Waals surface area contributed by atoms with Crippen LogP contribution in [-0.2, 0) is 6.54 Å². The highest BCUT2D eigenvalue weighted by atomic mass is 127. The van der Waals surface area contributed by atoms with Gasteiger partial charge in [-0.2, -0.15) is 4.57 Å². The second-order valence-electron chi connectivity index (χ2n) is 4.80. The second-order valence-corrected chi connectivity index (χ2v) is 5.86. The number of nitro groups is 1. The van der Waals surface area contributed by atoms with Crippen LogP contribution < -0.4 is 28.5 Å². The Kier molecular flexibility index (Phi) is 5.84. The summed E-state index contributed by atoms with van der Waals surface area (Å²) in [5.41, 5.74) is 1.94. The number of aromatic nitrogens is 1. The Labute approximate surface area is 155 Å². The van der Waals surface area contributed by atoms with Crippen LogP contribution in [0.25, 0.3) is 22.4 Å². The number of aryl methyl sites for hydroxylation is 1. The van der Waals surface area contributed by atoms with Crippen molar-refractivity contribution in [1.82, 2.24) is 0 Å². The molecule has 23 heavy (non-hydrogen) atoms. The summed E-state index contributed by atoms with van der Waals surface area (Å²) in [6.07, 6.45) is 3.77. The van der Waals surface area contributed by atoms with E-state index < -0.39 is 0 Å². The van der Waals surface area contributed by atoms with Crippen molar-refractivity contribution in [2.45, 2.75) is 13.5 Å². The molecule has 0 saturated carbocycles. The van der Waals surface area contributed by atoms with Gasteiger partial charge in [-0.25, -0.2) is 0 Å². The Morgan fingerprint density at radius 3 is 2.57 bits per heavy atom. The first kappa shape index (κ1) is 17.6. The smallest absolute Gasteiger partial charge is 0.276 e. The highest BCUT2D eigenvalue weighted by Gasteiger charge is 2.16. The zero-order chi connectivity index (χ0) is 15.5. The molecule has 3 rings (SSSR count). The highest BCUT2D eigenvalue weighted by molar-refractivity contribution is 7.18. The number of fused-ring (bicyclic) bond motifs is 1. The number of hydrogen-bond acceptors (Lipinski definition) is 3. The molecular formula is C17H15IN2O2S. The minimum atomic E-state index is -0.349. The van der Waals surface area contributed by atoms with Gasteiger partial charge >= 0.3 is 0 Å². The lowest BCUT2D eigenvalue weighted by Gasteiger charge is -1.95. The van der Waals surface area contributed by atoms with E-state index in [1.165, 1.54) is 16.3 Å². The molecular weight excluding hydrogens is 423 g/mol. The monoisotopic (exact) mass is 438 g/mol. The lowest BCUT2D eigenvalue weighted by Crippen LogP contribution is -3.00. The largest absolute Gasteiger partial charge is 1.00 e. The first-order chi connectivity index (χ1) is 10.7. The number of para-hydroxylation sites is 2. The number of rotatable bonds is 4. The third-order valence-corrected chi connectivity index (χ3v) is 4.62. The van der Waals surface area contributed by atoms with Gasteiger partial charge in [0.2, 0.25) is 5.52 Å². The Morgan fingerprint density at radius 2 is 1.83 bits per heavy atom. The minimum absolute atomic E-state index is 0. The summed E-state index contributed by atoms with van der Waals surface area (Å²) in [6, 6.07) is 15.0. The molecule has 2 aromatic carbocycles. The van der Waals surface area contributed by atoms with E-state index in [2.05, 4.69) is 23.6 Å². The fourth-order valence-electron chi connectivity index (χ4n) is 2.46. The Morgan fingerprint density at radius 1 is 1.13 bits per heavy atom. The summed E-state index contributed by atoms with van der Waals surface area (Å²) in [4.78, 5) is 10.7. The van der Waals surface area contributed by atoms with Gasteiger partial charge in [0.1, 0.15) is 11.2 Å². The number of benzene rings is 2. The van der Waals surface area contributed by atoms with Crippen molar-refractivity contribution in [3.63, 3.8) is 0 Å². The normalized spacial score (nSPS) is 10.8. The molecule has 0 fully saturated rings. The number of nitrogens with zero attached hydrogens (tertiary/aromatic N) is 2. The van der Waals surface area contributed by atoms with Gasteiger partial charge in [-0.1, -0.05) is 35.6 Å². The van der Waals surface area contributed by atoms with Gasteiger partial charge in [-0.3, -0.25) is 10.1 Å². The van der Waals surface area contributed by atoms with Crippen LogP contribution in [0.3, 0.4) is 0 Å². The number of nitro benzene ring substituents is 1. The van der Waals surface area contributed by atoms with E-state index >= 15 is 0 Å². The molecule has 3 aromatic rings. The molecule has 0 aliphatic carbocycles. The first-order valence-corrected chi connectivity index (χ1v) is 7.85. The summed E-state index contributed by atoms with van der Waals surface area (Å²) >= 11 is 1.69. The van der Waals surface area contributed by atoms with Crippen LogP contribution in [0.15, 0.2) is 48.5 Å². The summed E-state index contributed by atoms with van der Waals surface area (Å²) < 4.78 is 3.43. The lowest BCUT2D eigenvalue weighted by atomic mass is 10.1. The van der Waals surface area contributed by atoms with Crippen LogP contribution in [0, 0.1) is 10.1 Å². The molecule has 0 unspecified atom stereocenters. The molecule has 1 heterocycles. The number of halogens is 1. The number of thiazole rings is 1. The average Bonchev–Trinajstić information content (AvgIpc) is 2.90. The maximum absolute atomic E-state index is 11.1. The van der Waals surface area contributed by atoms with Crippen LogP contribution in [0.4, 0.5) is 5.69 Å². The van der Waals surface area contributed by atoms with Crippen molar-refractivity contribution >= 4 is 39.4 Å². The van der Waals surface area contributed by atoms with Crippen molar-refractivity contribution < 1.29 is 33.5 Å². The fourth-order valence-corrected chi connectivity index (χ4v) is 3.59. The molecule has 6 heteroatoms. The third-order valence-electron chi connectivity index (χ3n) is 3.49. The van der Waals surface area contributed by atoms with E-state index in [0.717, 1.165) is 11.6 Å². The molecule has 0 amide bonds. The predicted octanol–water partition coefficient (Wildman–Crippen LogP) is 1.29. The van der Waals surface area contributed by atoms with Gasteiger partial charge in [0.05, 0.1) is 10.5 Å². The van der Waals surface area contributed by atoms with Crippen LogP contribution in [0.5, 0.6) is 0 Å². The van der Waals surface area contributed by atoms with Gasteiger partial charge < -0.3 is 24.0 Å². The Bertz CT molecular complexity index is 874. The zero-order valence-corrected chi connectivity index (χ0v) is 15.5. The van der Waals surface area contributed by atoms with E-state index in [1.807, 2.05) is 30.4 Å². The topological polar surface area (TPSA) is 47.0 Å². The molecule has 0 atom stereocenters. The van der Waals surface area contributed by atoms with Gasteiger partial charge in [-0.05, 0) is 25.1 Å². The fraction of sp³-hybridized carbons (Fsp3) is 0.118. The molecule has 0 saturated heterocycles. The van der Waals surface area contributed by atoms with E-state index in [0.29, 0.717) is 5.56 Å². The molecule has 0 bridgehead atoms. The van der Waals surface area contributed by atoms with Gasteiger partial charge in [-0.15, -0.1) is 0 Å². The molecule has 0 aliphatic heterocycles. The molecule has 4 nitrogen and oxygen atoms in total. The van der Waals surface area contributed by atoms with Gasteiger partial charge in [0.15, 0.2) is 0 Å². The van der Waals surface area contributed by atoms with E-state index in [9.17, 15) is 10.1 Å². The Balaban J connectivity index is 0.00000192. The van der Waals surface area contributed by atoms with Crippen molar-refractivity contribution in [2.75, 3.05) is 0 Å². The van der Waals surface area contributed by atoms with Crippen LogP contribution in [0.2, 0.25) is 0 Å². The summed E-state index contributed by atoms with van der Waals surface area (Å²) in [5, 5.41) is 12.2. The molecule has 0 aliphatic rings. The first-order valence-electron chi connectivity index (χ1n) is 7.03. The standard InChI is InChI=1S/C17H15N2O2S.HI/c1-2-18-15-9-5-6-10-16(15)22-17(18)12-11-13-7-3-4-8-14(13)19(20)21;/h3-12H,2H2,1H3;1H/q+1;/p-1. The highest BCUT2D eigenvalue weighted by Crippen LogP contribution is 2.24. The van der Waals surface area contributed by atoms with Gasteiger partial charge in [0.25, 0.3) is 10.7 Å². The maximum atomic E-state index is 11.1. The van der Waals surface area contributed by atoms with Crippen LogP contribution >= 0.6 is 11.3 Å². The quantitative estimate of drug-likeness (QED) is 0.267. The summed E-state index contributed by atoms with van der Waals surface area (Å²) in [6.45, 7) is 2.96. The van der Waals surface area contributed by atoms with Crippen LogP contribution in [-0.4, -0.2) is 4.92 Å². The SMILES string of the molecule is CC[n+]1c(C=Cc2ccccc2[N+](=O)[O-])sc2ccccc21.[I-]. The minimum Gasteiger partial charge on any atom is -1.00 e. The summed E-state index contributed by atoms with van der Waals surface area (Å²) in [5.74, 6) is 0. The van der Waals surface area contributed by atoms with E-state index in [4.69, 9.17) is 0 Å². The van der Waals surface area contributed by atoms with Gasteiger partial charge in [0, 0.05) is 18.2 Å². The zero-order valence-electron chi connectivity index (χ0n) is 12.5. The summed E-state index contributed by atoms with van der Waals surface area (Å²) in [7, 11) is 0. The van der Waals surface area contributed by atoms with E-state index in [-0.39, 0.29) is 34.6 Å². The van der Waals surface area contributed by atoms with Crippen molar-refractivity contribution in [1.29, 1.82) is 0 Å². The third kappa shape index (κ3) is 3.59. The van der Waals surface area contributed by atoms with E-state index in [1.54, 1.807) is 23.5 Å². The Hall–Kier alpha value is -1.80. The molecule has 1 aromatic heterocycles. The molecule has 0 spiro atoms. The average molecular weight is 438 g/mol. The second kappa shape index (κ2) is 7.65. The van der Waals surface area contributed by atoms with Crippen LogP contribution in [0.1, 0.15) is 17.5 Å². The molecule has 118 valence electrons. The van der Waals surface area contributed by atoms with Crippen molar-refractivity contribution in [3.8, 4) is 0 Å². The molecule has 0 radical (unpaired) electrons.